The summed E-state index contributed by atoms with van der Waals surface area (Å²) in [6.45, 7) is 7.41. The van der Waals surface area contributed by atoms with Crippen molar-refractivity contribution in [2.45, 2.75) is 45.5 Å². The van der Waals surface area contributed by atoms with Crippen LogP contribution >= 0.6 is 0 Å². The Morgan fingerprint density at radius 3 is 2.38 bits per heavy atom. The summed E-state index contributed by atoms with van der Waals surface area (Å²) in [5.41, 5.74) is -1.12. The van der Waals surface area contributed by atoms with E-state index in [-0.39, 0.29) is 6.61 Å². The highest BCUT2D eigenvalue weighted by molar-refractivity contribution is 5.68. The van der Waals surface area contributed by atoms with Crippen molar-refractivity contribution >= 4 is 6.09 Å². The lowest BCUT2D eigenvalue weighted by atomic mass is 10.0. The average molecular weight is 347 g/mol. The average Bonchev–Trinajstić information content (AvgIpc) is 2.45. The van der Waals surface area contributed by atoms with Crippen LogP contribution in [0.3, 0.4) is 0 Å². The molecule has 0 fully saturated rings. The molecule has 0 aromatic heterocycles. The first kappa shape index (κ1) is 20.3. The predicted octanol–water partition coefficient (Wildman–Crippen LogP) is 4.65. The van der Waals surface area contributed by atoms with Gasteiger partial charge in [-0.15, -0.1) is 0 Å². The summed E-state index contributed by atoms with van der Waals surface area (Å²) < 4.78 is 49.4. The van der Waals surface area contributed by atoms with Crippen molar-refractivity contribution < 1.29 is 27.4 Å². The molecule has 1 aromatic carbocycles. The van der Waals surface area contributed by atoms with Crippen LogP contribution < -0.4 is 0 Å². The van der Waals surface area contributed by atoms with E-state index in [4.69, 9.17) is 9.47 Å². The first-order valence-corrected chi connectivity index (χ1v) is 7.66. The van der Waals surface area contributed by atoms with Gasteiger partial charge in [0.2, 0.25) is 0 Å². The highest BCUT2D eigenvalue weighted by Gasteiger charge is 2.32. The van der Waals surface area contributed by atoms with Gasteiger partial charge in [0.1, 0.15) is 5.60 Å². The highest BCUT2D eigenvalue weighted by Crippen LogP contribution is 2.32. The lowest BCUT2D eigenvalue weighted by Crippen LogP contribution is -2.38. The molecule has 1 rings (SSSR count). The van der Waals surface area contributed by atoms with Gasteiger partial charge in [-0.1, -0.05) is 12.1 Å². The minimum absolute atomic E-state index is 0.0769. The van der Waals surface area contributed by atoms with E-state index in [1.165, 1.54) is 18.0 Å². The number of alkyl halides is 3. The van der Waals surface area contributed by atoms with E-state index in [1.54, 1.807) is 33.8 Å². The van der Waals surface area contributed by atoms with Gasteiger partial charge >= 0.3 is 12.3 Å². The Bertz CT molecular complexity index is 553. The van der Waals surface area contributed by atoms with Gasteiger partial charge in [-0.05, 0) is 45.4 Å². The van der Waals surface area contributed by atoms with Gasteiger partial charge in [-0.3, -0.25) is 0 Å². The number of benzene rings is 1. The SMILES string of the molecule is CCOCC(c1cccc(C(F)(F)F)c1)N(C)C(=O)OC(C)(C)C. The van der Waals surface area contributed by atoms with Crippen LogP contribution in [0.25, 0.3) is 0 Å². The fourth-order valence-electron chi connectivity index (χ4n) is 2.04. The molecule has 0 aliphatic heterocycles. The van der Waals surface area contributed by atoms with Crippen LogP contribution in [-0.2, 0) is 15.7 Å². The number of rotatable bonds is 5. The summed E-state index contributed by atoms with van der Waals surface area (Å²) in [4.78, 5) is 13.5. The summed E-state index contributed by atoms with van der Waals surface area (Å²) in [6.07, 6.45) is -5.07. The van der Waals surface area contributed by atoms with Gasteiger partial charge in [0.15, 0.2) is 0 Å². The molecule has 0 N–H and O–H groups in total. The third-order valence-corrected chi connectivity index (χ3v) is 3.23. The van der Waals surface area contributed by atoms with E-state index in [0.717, 1.165) is 12.1 Å². The van der Waals surface area contributed by atoms with Crippen LogP contribution in [0, 0.1) is 0 Å². The smallest absolute Gasteiger partial charge is 0.416 e. The summed E-state index contributed by atoms with van der Waals surface area (Å²) in [5, 5.41) is 0. The van der Waals surface area contributed by atoms with Crippen molar-refractivity contribution in [1.29, 1.82) is 0 Å². The van der Waals surface area contributed by atoms with Gasteiger partial charge in [0.25, 0.3) is 0 Å². The molecule has 0 bridgehead atoms. The molecule has 0 saturated heterocycles. The largest absolute Gasteiger partial charge is 0.444 e. The second kappa shape index (κ2) is 7.88. The quantitative estimate of drug-likeness (QED) is 0.778. The number of hydrogen-bond acceptors (Lipinski definition) is 3. The number of nitrogens with zero attached hydrogens (tertiary/aromatic N) is 1. The topological polar surface area (TPSA) is 38.8 Å². The lowest BCUT2D eigenvalue weighted by molar-refractivity contribution is -0.137. The number of carbonyl (C=O) groups excluding carboxylic acids is 1. The molecule has 0 aliphatic carbocycles. The third kappa shape index (κ3) is 6.03. The van der Waals surface area contributed by atoms with Crippen LogP contribution in [0.1, 0.15) is 44.9 Å². The summed E-state index contributed by atoms with van der Waals surface area (Å²) in [7, 11) is 1.48. The second-order valence-electron chi connectivity index (χ2n) is 6.39. The molecule has 0 radical (unpaired) electrons. The van der Waals surface area contributed by atoms with Gasteiger partial charge in [-0.2, -0.15) is 13.2 Å². The van der Waals surface area contributed by atoms with E-state index >= 15 is 0 Å². The monoisotopic (exact) mass is 347 g/mol. The molecule has 1 atom stereocenters. The minimum atomic E-state index is -4.45. The molecule has 0 aliphatic rings. The zero-order valence-corrected chi connectivity index (χ0v) is 14.6. The normalized spacial score (nSPS) is 13.5. The molecule has 0 heterocycles. The fourth-order valence-corrected chi connectivity index (χ4v) is 2.04. The first-order chi connectivity index (χ1) is 11.0. The van der Waals surface area contributed by atoms with Gasteiger partial charge in [0, 0.05) is 13.7 Å². The fraction of sp³-hybridized carbons (Fsp3) is 0.588. The number of carbonyl (C=O) groups is 1. The van der Waals surface area contributed by atoms with Gasteiger partial charge in [0.05, 0.1) is 18.2 Å². The summed E-state index contributed by atoms with van der Waals surface area (Å²) in [6, 6.07) is 4.21. The van der Waals surface area contributed by atoms with Crippen molar-refractivity contribution in [1.82, 2.24) is 4.90 Å². The molecular formula is C17H24F3NO3. The van der Waals surface area contributed by atoms with Crippen molar-refractivity contribution in [3.8, 4) is 0 Å². The maximum atomic E-state index is 12.9. The van der Waals surface area contributed by atoms with Crippen LogP contribution in [-0.4, -0.2) is 36.9 Å². The van der Waals surface area contributed by atoms with Crippen LogP contribution in [0.4, 0.5) is 18.0 Å². The maximum Gasteiger partial charge on any atom is 0.416 e. The molecule has 136 valence electrons. The molecule has 1 unspecified atom stereocenters. The molecule has 4 nitrogen and oxygen atoms in total. The first-order valence-electron chi connectivity index (χ1n) is 7.66. The van der Waals surface area contributed by atoms with Gasteiger partial charge in [-0.25, -0.2) is 4.79 Å². The Labute approximate surface area is 140 Å². The molecule has 1 aromatic rings. The Hall–Kier alpha value is -1.76. The van der Waals surface area contributed by atoms with Crippen molar-refractivity contribution in [3.63, 3.8) is 0 Å². The van der Waals surface area contributed by atoms with Crippen LogP contribution in [0.5, 0.6) is 0 Å². The highest BCUT2D eigenvalue weighted by atomic mass is 19.4. The second-order valence-corrected chi connectivity index (χ2v) is 6.39. The third-order valence-electron chi connectivity index (χ3n) is 3.23. The zero-order chi connectivity index (χ0) is 18.5. The van der Waals surface area contributed by atoms with Gasteiger partial charge < -0.3 is 14.4 Å². The molecule has 24 heavy (non-hydrogen) atoms. The molecule has 0 spiro atoms. The number of likely N-dealkylation sites (N-methyl/N-ethyl adjacent to an activating group) is 1. The van der Waals surface area contributed by atoms with E-state index in [0.29, 0.717) is 12.2 Å². The van der Waals surface area contributed by atoms with Crippen molar-refractivity contribution in [2.75, 3.05) is 20.3 Å². The van der Waals surface area contributed by atoms with Crippen LogP contribution in [0.2, 0.25) is 0 Å². The van der Waals surface area contributed by atoms with E-state index in [9.17, 15) is 18.0 Å². The van der Waals surface area contributed by atoms with E-state index in [2.05, 4.69) is 0 Å². The molecule has 7 heteroatoms. The Morgan fingerprint density at radius 1 is 1.25 bits per heavy atom. The Balaban J connectivity index is 3.10. The van der Waals surface area contributed by atoms with Crippen molar-refractivity contribution in [3.05, 3.63) is 35.4 Å². The molecule has 0 saturated carbocycles. The van der Waals surface area contributed by atoms with E-state index in [1.807, 2.05) is 0 Å². The summed E-state index contributed by atoms with van der Waals surface area (Å²) >= 11 is 0. The number of hydrogen-bond donors (Lipinski definition) is 0. The predicted molar refractivity (Wildman–Crippen MR) is 84.7 cm³/mol. The number of ether oxygens (including phenoxy) is 2. The Kier molecular flexibility index (Phi) is 6.66. The van der Waals surface area contributed by atoms with Crippen LogP contribution in [0.15, 0.2) is 24.3 Å². The summed E-state index contributed by atoms with van der Waals surface area (Å²) in [5.74, 6) is 0. The number of amides is 1. The molecule has 1 amide bonds. The standard InChI is InChI=1S/C17H24F3NO3/c1-6-23-11-14(21(5)15(22)24-16(2,3)4)12-8-7-9-13(10-12)17(18,19)20/h7-10,14H,6,11H2,1-5H3. The molecular weight excluding hydrogens is 323 g/mol. The number of halogens is 3. The van der Waals surface area contributed by atoms with E-state index < -0.39 is 29.5 Å². The zero-order valence-electron chi connectivity index (χ0n) is 14.6. The minimum Gasteiger partial charge on any atom is -0.444 e. The lowest BCUT2D eigenvalue weighted by Gasteiger charge is -2.31. The Morgan fingerprint density at radius 2 is 1.88 bits per heavy atom. The maximum absolute atomic E-state index is 12.9. The van der Waals surface area contributed by atoms with Crippen molar-refractivity contribution in [2.24, 2.45) is 0 Å².